The molecule has 1 aromatic carbocycles. The summed E-state index contributed by atoms with van der Waals surface area (Å²) in [6.07, 6.45) is 0.558. The van der Waals surface area contributed by atoms with Crippen molar-refractivity contribution in [2.75, 3.05) is 5.33 Å². The van der Waals surface area contributed by atoms with Crippen molar-refractivity contribution in [3.63, 3.8) is 0 Å². The molecule has 1 aromatic rings. The van der Waals surface area contributed by atoms with E-state index in [1.54, 1.807) is 0 Å². The number of halogens is 1. The zero-order valence-electron chi connectivity index (χ0n) is 8.56. The number of allylic oxidation sites excluding steroid dienone is 1. The van der Waals surface area contributed by atoms with Gasteiger partial charge < -0.3 is 9.47 Å². The van der Waals surface area contributed by atoms with Crippen molar-refractivity contribution < 1.29 is 14.3 Å². The summed E-state index contributed by atoms with van der Waals surface area (Å²) in [4.78, 5) is 10.6. The molecular weight excluding hydrogens is 272 g/mol. The molecule has 1 heterocycles. The van der Waals surface area contributed by atoms with Crippen molar-refractivity contribution in [2.45, 2.75) is 12.7 Å². The van der Waals surface area contributed by atoms with E-state index >= 15 is 0 Å². The second-order valence-electron chi connectivity index (χ2n) is 3.30. The molecular formula is C12H11BrO3. The highest BCUT2D eigenvalue weighted by atomic mass is 79.9. The Labute approximate surface area is 102 Å². The Kier molecular flexibility index (Phi) is 3.62. The third-order valence-electron chi connectivity index (χ3n) is 2.21. The molecule has 2 rings (SSSR count). The first kappa shape index (κ1) is 11.2. The Balaban J connectivity index is 2.28. The molecule has 0 amide bonds. The van der Waals surface area contributed by atoms with Gasteiger partial charge in [-0.25, -0.2) is 0 Å². The molecule has 16 heavy (non-hydrogen) atoms. The van der Waals surface area contributed by atoms with Crippen LogP contribution in [-0.4, -0.2) is 17.9 Å². The van der Waals surface area contributed by atoms with Gasteiger partial charge in [-0.05, 0) is 0 Å². The number of carbonyl (C=O) groups excluding carboxylic acids is 1. The van der Waals surface area contributed by atoms with Crippen molar-refractivity contribution in [1.82, 2.24) is 0 Å². The highest BCUT2D eigenvalue weighted by molar-refractivity contribution is 9.09. The normalized spacial score (nSPS) is 19.2. The van der Waals surface area contributed by atoms with E-state index in [0.29, 0.717) is 18.5 Å². The summed E-state index contributed by atoms with van der Waals surface area (Å²) in [5.74, 6) is 1.39. The van der Waals surface area contributed by atoms with Crippen LogP contribution in [0.3, 0.4) is 0 Å². The Morgan fingerprint density at radius 3 is 2.62 bits per heavy atom. The lowest BCUT2D eigenvalue weighted by molar-refractivity contribution is -0.128. The first-order chi connectivity index (χ1) is 7.85. The number of carbonyl (C=O) groups is 1. The quantitative estimate of drug-likeness (QED) is 0.629. The van der Waals surface area contributed by atoms with Crippen molar-refractivity contribution in [3.05, 3.63) is 41.7 Å². The van der Waals surface area contributed by atoms with E-state index in [0.717, 1.165) is 16.7 Å². The smallest absolute Gasteiger partial charge is 0.297 e. The molecule has 1 unspecified atom stereocenters. The summed E-state index contributed by atoms with van der Waals surface area (Å²) in [5, 5.41) is 0.771. The summed E-state index contributed by atoms with van der Waals surface area (Å²) < 4.78 is 10.8. The predicted octanol–water partition coefficient (Wildman–Crippen LogP) is 2.71. The van der Waals surface area contributed by atoms with Gasteiger partial charge in [0.15, 0.2) is 5.76 Å². The first-order valence-corrected chi connectivity index (χ1v) is 6.10. The van der Waals surface area contributed by atoms with Gasteiger partial charge in [0.05, 0.1) is 0 Å². The molecule has 0 bridgehead atoms. The van der Waals surface area contributed by atoms with E-state index in [1.807, 2.05) is 30.3 Å². The van der Waals surface area contributed by atoms with Gasteiger partial charge in [-0.1, -0.05) is 46.3 Å². The van der Waals surface area contributed by atoms with Crippen LogP contribution in [0.2, 0.25) is 0 Å². The molecule has 1 aliphatic heterocycles. The first-order valence-electron chi connectivity index (χ1n) is 4.98. The largest absolute Gasteiger partial charge is 0.449 e. The van der Waals surface area contributed by atoms with Crippen LogP contribution < -0.4 is 0 Å². The second kappa shape index (κ2) is 5.16. The van der Waals surface area contributed by atoms with Gasteiger partial charge in [0.2, 0.25) is 6.29 Å². The van der Waals surface area contributed by atoms with Crippen LogP contribution in [-0.2, 0) is 14.3 Å². The number of aldehydes is 1. The molecule has 0 spiro atoms. The minimum Gasteiger partial charge on any atom is -0.449 e. The standard InChI is InChI=1S/C12H11BrO3/c13-7-6-10-12(16-11(8-14)15-10)9-4-2-1-3-5-9/h1-5,8,11H,6-7H2. The van der Waals surface area contributed by atoms with Crippen LogP contribution in [0.5, 0.6) is 0 Å². The fourth-order valence-electron chi connectivity index (χ4n) is 1.53. The van der Waals surface area contributed by atoms with Crippen molar-refractivity contribution in [1.29, 1.82) is 0 Å². The number of ether oxygens (including phenoxy) is 2. The van der Waals surface area contributed by atoms with E-state index in [4.69, 9.17) is 9.47 Å². The van der Waals surface area contributed by atoms with E-state index in [-0.39, 0.29) is 0 Å². The van der Waals surface area contributed by atoms with Gasteiger partial charge in [-0.2, -0.15) is 0 Å². The maximum atomic E-state index is 10.6. The summed E-state index contributed by atoms with van der Waals surface area (Å²) in [5.41, 5.74) is 0.933. The van der Waals surface area contributed by atoms with Crippen LogP contribution in [0.1, 0.15) is 12.0 Å². The van der Waals surface area contributed by atoms with Crippen LogP contribution in [0, 0.1) is 0 Å². The molecule has 0 saturated heterocycles. The lowest BCUT2D eigenvalue weighted by atomic mass is 10.1. The number of rotatable bonds is 4. The number of hydrogen-bond acceptors (Lipinski definition) is 3. The van der Waals surface area contributed by atoms with Gasteiger partial charge in [-0.3, -0.25) is 4.79 Å². The molecule has 1 atom stereocenters. The summed E-state index contributed by atoms with van der Waals surface area (Å²) in [7, 11) is 0. The van der Waals surface area contributed by atoms with Crippen LogP contribution in [0.25, 0.3) is 5.76 Å². The average Bonchev–Trinajstić information content (AvgIpc) is 2.74. The fraction of sp³-hybridized carbons (Fsp3) is 0.250. The van der Waals surface area contributed by atoms with Crippen LogP contribution in [0.4, 0.5) is 0 Å². The zero-order chi connectivity index (χ0) is 11.4. The number of alkyl halides is 1. The Hall–Kier alpha value is -1.29. The van der Waals surface area contributed by atoms with Gasteiger partial charge in [-0.15, -0.1) is 0 Å². The van der Waals surface area contributed by atoms with Crippen molar-refractivity contribution in [3.8, 4) is 0 Å². The SMILES string of the molecule is O=CC1OC(CCBr)=C(c2ccccc2)O1. The van der Waals surface area contributed by atoms with Crippen molar-refractivity contribution >= 4 is 28.0 Å². The molecule has 0 N–H and O–H groups in total. The van der Waals surface area contributed by atoms with Gasteiger partial charge in [0.1, 0.15) is 5.76 Å². The second-order valence-corrected chi connectivity index (χ2v) is 4.09. The molecule has 0 aliphatic carbocycles. The van der Waals surface area contributed by atoms with E-state index < -0.39 is 6.29 Å². The van der Waals surface area contributed by atoms with Crippen molar-refractivity contribution in [2.24, 2.45) is 0 Å². The summed E-state index contributed by atoms with van der Waals surface area (Å²) in [6, 6.07) is 9.64. The third kappa shape index (κ3) is 2.27. The topological polar surface area (TPSA) is 35.5 Å². The molecule has 84 valence electrons. The Bertz CT molecular complexity index is 400. The highest BCUT2D eigenvalue weighted by Crippen LogP contribution is 2.31. The van der Waals surface area contributed by atoms with Gasteiger partial charge in [0.25, 0.3) is 6.29 Å². The van der Waals surface area contributed by atoms with Gasteiger partial charge >= 0.3 is 0 Å². The summed E-state index contributed by atoms with van der Waals surface area (Å²) in [6.45, 7) is 0. The van der Waals surface area contributed by atoms with Crippen LogP contribution >= 0.6 is 15.9 Å². The number of hydrogen-bond donors (Lipinski definition) is 0. The molecule has 1 aliphatic rings. The summed E-state index contributed by atoms with van der Waals surface area (Å²) >= 11 is 3.34. The maximum absolute atomic E-state index is 10.6. The Morgan fingerprint density at radius 1 is 1.25 bits per heavy atom. The molecule has 0 saturated carbocycles. The van der Waals surface area contributed by atoms with E-state index in [2.05, 4.69) is 15.9 Å². The lowest BCUT2D eigenvalue weighted by Gasteiger charge is -2.03. The maximum Gasteiger partial charge on any atom is 0.297 e. The third-order valence-corrected chi connectivity index (χ3v) is 2.61. The van der Waals surface area contributed by atoms with E-state index in [9.17, 15) is 4.79 Å². The lowest BCUT2D eigenvalue weighted by Crippen LogP contribution is -2.09. The minimum atomic E-state index is -0.802. The molecule has 0 aromatic heterocycles. The molecule has 4 heteroatoms. The molecule has 0 radical (unpaired) electrons. The monoisotopic (exact) mass is 282 g/mol. The minimum absolute atomic E-state index is 0.657. The fourth-order valence-corrected chi connectivity index (χ4v) is 1.89. The highest BCUT2D eigenvalue weighted by Gasteiger charge is 2.26. The van der Waals surface area contributed by atoms with Crippen LogP contribution in [0.15, 0.2) is 36.1 Å². The van der Waals surface area contributed by atoms with Gasteiger partial charge in [0, 0.05) is 17.3 Å². The molecule has 3 nitrogen and oxygen atoms in total. The Morgan fingerprint density at radius 2 is 2.00 bits per heavy atom. The molecule has 0 fully saturated rings. The predicted molar refractivity (Wildman–Crippen MR) is 63.8 cm³/mol. The average molecular weight is 283 g/mol. The van der Waals surface area contributed by atoms with E-state index in [1.165, 1.54) is 0 Å². The zero-order valence-corrected chi connectivity index (χ0v) is 10.1. The number of benzene rings is 1.